The van der Waals surface area contributed by atoms with E-state index in [0.29, 0.717) is 22.2 Å². The first kappa shape index (κ1) is 17.8. The predicted octanol–water partition coefficient (Wildman–Crippen LogP) is 5.08. The summed E-state index contributed by atoms with van der Waals surface area (Å²) in [6, 6.07) is 21.0. The molecular formula is C22H14ClN3O2. The smallest absolute Gasteiger partial charge is 0.343 e. The first-order chi connectivity index (χ1) is 13.7. The lowest BCUT2D eigenvalue weighted by atomic mass is 10.2. The summed E-state index contributed by atoms with van der Waals surface area (Å²) in [4.78, 5) is 25.4. The Bertz CT molecular complexity index is 1100. The van der Waals surface area contributed by atoms with E-state index in [2.05, 4.69) is 15.0 Å². The van der Waals surface area contributed by atoms with E-state index < -0.39 is 5.97 Å². The highest BCUT2D eigenvalue weighted by Crippen LogP contribution is 2.22. The van der Waals surface area contributed by atoms with E-state index in [0.717, 1.165) is 17.0 Å². The SMILES string of the molecule is O=C(Oc1ccc(-c2nccc(-c3ccccn3)n2)cc1)c1ccc(Cl)cc1. The van der Waals surface area contributed by atoms with Crippen LogP contribution in [0.3, 0.4) is 0 Å². The Morgan fingerprint density at radius 2 is 1.57 bits per heavy atom. The van der Waals surface area contributed by atoms with Crippen LogP contribution in [0.25, 0.3) is 22.8 Å². The van der Waals surface area contributed by atoms with Gasteiger partial charge in [-0.3, -0.25) is 4.98 Å². The second-order valence-corrected chi connectivity index (χ2v) is 6.34. The van der Waals surface area contributed by atoms with E-state index in [1.165, 1.54) is 0 Å². The standard InChI is InChI=1S/C22H14ClN3O2/c23-17-8-4-16(5-9-17)22(27)28-18-10-6-15(7-11-18)21-25-14-12-20(26-21)19-3-1-2-13-24-19/h1-14H. The number of carbonyl (C=O) groups excluding carboxylic acids is 1. The highest BCUT2D eigenvalue weighted by Gasteiger charge is 2.10. The molecule has 4 rings (SSSR count). The number of benzene rings is 2. The number of halogens is 1. The normalized spacial score (nSPS) is 10.5. The summed E-state index contributed by atoms with van der Waals surface area (Å²) in [6.45, 7) is 0. The second kappa shape index (κ2) is 7.98. The molecule has 6 heteroatoms. The molecule has 0 aliphatic carbocycles. The van der Waals surface area contributed by atoms with Crippen molar-refractivity contribution in [3.63, 3.8) is 0 Å². The quantitative estimate of drug-likeness (QED) is 0.361. The number of carbonyl (C=O) groups is 1. The van der Waals surface area contributed by atoms with Crippen molar-refractivity contribution in [1.29, 1.82) is 0 Å². The Hall–Kier alpha value is -3.57. The molecule has 0 atom stereocenters. The Morgan fingerprint density at radius 3 is 2.29 bits per heavy atom. The third-order valence-corrected chi connectivity index (χ3v) is 4.24. The van der Waals surface area contributed by atoms with E-state index in [-0.39, 0.29) is 0 Å². The monoisotopic (exact) mass is 387 g/mol. The average Bonchev–Trinajstić information content (AvgIpc) is 2.75. The third-order valence-electron chi connectivity index (χ3n) is 3.99. The minimum atomic E-state index is -0.446. The second-order valence-electron chi connectivity index (χ2n) is 5.90. The number of pyridine rings is 1. The van der Waals surface area contributed by atoms with Gasteiger partial charge in [0.2, 0.25) is 0 Å². The minimum Gasteiger partial charge on any atom is -0.423 e. The summed E-state index contributed by atoms with van der Waals surface area (Å²) in [6.07, 6.45) is 3.42. The predicted molar refractivity (Wildman–Crippen MR) is 107 cm³/mol. The van der Waals surface area contributed by atoms with E-state index in [1.807, 2.05) is 36.4 Å². The van der Waals surface area contributed by atoms with Crippen LogP contribution in [0.5, 0.6) is 5.75 Å². The number of nitrogens with zero attached hydrogens (tertiary/aromatic N) is 3. The van der Waals surface area contributed by atoms with E-state index in [4.69, 9.17) is 16.3 Å². The van der Waals surface area contributed by atoms with E-state index >= 15 is 0 Å². The maximum absolute atomic E-state index is 12.2. The highest BCUT2D eigenvalue weighted by molar-refractivity contribution is 6.30. The summed E-state index contributed by atoms with van der Waals surface area (Å²) in [5.74, 6) is 0.557. The molecule has 28 heavy (non-hydrogen) atoms. The molecule has 136 valence electrons. The van der Waals surface area contributed by atoms with Gasteiger partial charge in [-0.05, 0) is 66.7 Å². The molecule has 2 aromatic heterocycles. The average molecular weight is 388 g/mol. The molecule has 0 saturated carbocycles. The van der Waals surface area contributed by atoms with Gasteiger partial charge in [0.05, 0.1) is 17.0 Å². The third kappa shape index (κ3) is 4.05. The summed E-state index contributed by atoms with van der Waals surface area (Å²) in [5, 5.41) is 0.564. The zero-order chi connectivity index (χ0) is 19.3. The summed E-state index contributed by atoms with van der Waals surface area (Å²) in [7, 11) is 0. The molecule has 0 radical (unpaired) electrons. The van der Waals surface area contributed by atoms with Gasteiger partial charge in [0.1, 0.15) is 5.75 Å². The van der Waals surface area contributed by atoms with E-state index in [1.54, 1.807) is 48.8 Å². The fourth-order valence-electron chi connectivity index (χ4n) is 2.58. The number of hydrogen-bond donors (Lipinski definition) is 0. The number of hydrogen-bond acceptors (Lipinski definition) is 5. The number of ether oxygens (including phenoxy) is 1. The lowest BCUT2D eigenvalue weighted by Gasteiger charge is -2.06. The summed E-state index contributed by atoms with van der Waals surface area (Å²) in [5.41, 5.74) is 2.76. The summed E-state index contributed by atoms with van der Waals surface area (Å²) < 4.78 is 5.39. The molecule has 2 heterocycles. The van der Waals surface area contributed by atoms with E-state index in [9.17, 15) is 4.79 Å². The van der Waals surface area contributed by atoms with Crippen LogP contribution in [0.1, 0.15) is 10.4 Å². The lowest BCUT2D eigenvalue weighted by molar-refractivity contribution is 0.0735. The van der Waals surface area contributed by atoms with Crippen LogP contribution in [-0.2, 0) is 0 Å². The zero-order valence-electron chi connectivity index (χ0n) is 14.6. The van der Waals surface area contributed by atoms with Crippen molar-refractivity contribution in [2.75, 3.05) is 0 Å². The Balaban J connectivity index is 1.52. The van der Waals surface area contributed by atoms with Crippen LogP contribution in [0, 0.1) is 0 Å². The molecule has 4 aromatic rings. The summed E-state index contributed by atoms with van der Waals surface area (Å²) >= 11 is 5.83. The van der Waals surface area contributed by atoms with Gasteiger partial charge < -0.3 is 4.74 Å². The fourth-order valence-corrected chi connectivity index (χ4v) is 2.70. The zero-order valence-corrected chi connectivity index (χ0v) is 15.4. The molecule has 0 fully saturated rings. The molecule has 0 aliphatic rings. The Labute approximate surface area is 166 Å². The topological polar surface area (TPSA) is 65.0 Å². The number of esters is 1. The van der Waals surface area contributed by atoms with Crippen LogP contribution in [0.2, 0.25) is 5.02 Å². The molecule has 0 N–H and O–H groups in total. The van der Waals surface area contributed by atoms with Gasteiger partial charge in [0, 0.05) is 23.0 Å². The first-order valence-electron chi connectivity index (χ1n) is 8.52. The maximum atomic E-state index is 12.2. The van der Waals surface area contributed by atoms with Gasteiger partial charge in [0.15, 0.2) is 5.82 Å². The Kier molecular flexibility index (Phi) is 5.08. The van der Waals surface area contributed by atoms with Gasteiger partial charge in [-0.1, -0.05) is 17.7 Å². The maximum Gasteiger partial charge on any atom is 0.343 e. The molecule has 5 nitrogen and oxygen atoms in total. The molecule has 0 bridgehead atoms. The van der Waals surface area contributed by atoms with Crippen molar-refractivity contribution in [3.8, 4) is 28.5 Å². The fraction of sp³-hybridized carbons (Fsp3) is 0. The molecule has 0 unspecified atom stereocenters. The van der Waals surface area contributed by atoms with Gasteiger partial charge in [0.25, 0.3) is 0 Å². The van der Waals surface area contributed by atoms with Gasteiger partial charge >= 0.3 is 5.97 Å². The number of aromatic nitrogens is 3. The largest absolute Gasteiger partial charge is 0.423 e. The van der Waals surface area contributed by atoms with Crippen molar-refractivity contribution in [1.82, 2.24) is 15.0 Å². The molecule has 0 spiro atoms. The lowest BCUT2D eigenvalue weighted by Crippen LogP contribution is -2.08. The first-order valence-corrected chi connectivity index (χ1v) is 8.89. The Morgan fingerprint density at radius 1 is 0.786 bits per heavy atom. The van der Waals surface area contributed by atoms with Crippen LogP contribution in [-0.4, -0.2) is 20.9 Å². The van der Waals surface area contributed by atoms with Gasteiger partial charge in [-0.2, -0.15) is 0 Å². The molecular weight excluding hydrogens is 374 g/mol. The molecule has 2 aromatic carbocycles. The number of rotatable bonds is 4. The van der Waals surface area contributed by atoms with Crippen LogP contribution < -0.4 is 4.74 Å². The van der Waals surface area contributed by atoms with Crippen molar-refractivity contribution in [2.45, 2.75) is 0 Å². The van der Waals surface area contributed by atoms with Crippen molar-refractivity contribution >= 4 is 17.6 Å². The van der Waals surface area contributed by atoms with Crippen molar-refractivity contribution in [2.24, 2.45) is 0 Å². The minimum absolute atomic E-state index is 0.430. The van der Waals surface area contributed by atoms with Crippen LogP contribution >= 0.6 is 11.6 Å². The molecule has 0 amide bonds. The van der Waals surface area contributed by atoms with Crippen LogP contribution in [0.15, 0.2) is 85.2 Å². The molecule has 0 saturated heterocycles. The van der Waals surface area contributed by atoms with Crippen LogP contribution in [0.4, 0.5) is 0 Å². The van der Waals surface area contributed by atoms with Gasteiger partial charge in [-0.25, -0.2) is 14.8 Å². The van der Waals surface area contributed by atoms with Crippen molar-refractivity contribution < 1.29 is 9.53 Å². The van der Waals surface area contributed by atoms with Crippen molar-refractivity contribution in [3.05, 3.63) is 95.8 Å². The highest BCUT2D eigenvalue weighted by atomic mass is 35.5. The van der Waals surface area contributed by atoms with Gasteiger partial charge in [-0.15, -0.1) is 0 Å². The molecule has 0 aliphatic heterocycles.